The van der Waals surface area contributed by atoms with Crippen molar-refractivity contribution in [2.75, 3.05) is 7.11 Å². The quantitative estimate of drug-likeness (QED) is 0.559. The third-order valence-corrected chi connectivity index (χ3v) is 1.63. The van der Waals surface area contributed by atoms with Crippen LogP contribution in [0.5, 0.6) is 5.75 Å². The average molecular weight is 167 g/mol. The molecular weight excluding hydrogens is 157 g/mol. The number of pyridine rings is 1. The van der Waals surface area contributed by atoms with Crippen molar-refractivity contribution < 1.29 is 14.8 Å². The van der Waals surface area contributed by atoms with E-state index in [9.17, 15) is 0 Å². The van der Waals surface area contributed by atoms with E-state index < -0.39 is 7.12 Å². The Morgan fingerprint density at radius 3 is 2.50 bits per heavy atom. The fourth-order valence-electron chi connectivity index (χ4n) is 1.04. The van der Waals surface area contributed by atoms with E-state index >= 15 is 0 Å². The SMILES string of the molecule is COc1cncc(C)c1B(O)O. The number of hydrogen-bond acceptors (Lipinski definition) is 4. The molecular formula is C7H10BNO3. The third-order valence-electron chi connectivity index (χ3n) is 1.63. The number of aromatic nitrogens is 1. The van der Waals surface area contributed by atoms with E-state index in [4.69, 9.17) is 14.8 Å². The van der Waals surface area contributed by atoms with Gasteiger partial charge in [0.15, 0.2) is 0 Å². The van der Waals surface area contributed by atoms with Crippen molar-refractivity contribution in [3.63, 3.8) is 0 Å². The molecule has 2 N–H and O–H groups in total. The van der Waals surface area contributed by atoms with Crippen molar-refractivity contribution in [3.8, 4) is 5.75 Å². The molecule has 0 saturated carbocycles. The Morgan fingerprint density at radius 1 is 1.42 bits per heavy atom. The molecule has 1 rings (SSSR count). The first-order valence-electron chi connectivity index (χ1n) is 3.51. The van der Waals surface area contributed by atoms with Crippen LogP contribution in [0.3, 0.4) is 0 Å². The van der Waals surface area contributed by atoms with Crippen LogP contribution in [0.1, 0.15) is 5.56 Å². The van der Waals surface area contributed by atoms with E-state index in [2.05, 4.69) is 4.98 Å². The number of methoxy groups -OCH3 is 1. The summed E-state index contributed by atoms with van der Waals surface area (Å²) in [6, 6.07) is 0. The van der Waals surface area contributed by atoms with Crippen LogP contribution in [0, 0.1) is 6.92 Å². The molecule has 0 aromatic carbocycles. The molecule has 0 aliphatic carbocycles. The summed E-state index contributed by atoms with van der Waals surface area (Å²) in [5.74, 6) is 0.394. The Kier molecular flexibility index (Phi) is 2.67. The Morgan fingerprint density at radius 2 is 2.08 bits per heavy atom. The predicted octanol–water partition coefficient (Wildman–Crippen LogP) is -0.922. The largest absolute Gasteiger partial charge is 0.495 e. The molecule has 0 amide bonds. The summed E-state index contributed by atoms with van der Waals surface area (Å²) in [7, 11) is -0.0505. The zero-order chi connectivity index (χ0) is 9.14. The van der Waals surface area contributed by atoms with Gasteiger partial charge in [0.05, 0.1) is 13.3 Å². The summed E-state index contributed by atoms with van der Waals surface area (Å²) in [6.07, 6.45) is 3.00. The van der Waals surface area contributed by atoms with Gasteiger partial charge in [0.2, 0.25) is 0 Å². The van der Waals surface area contributed by atoms with E-state index in [-0.39, 0.29) is 0 Å². The van der Waals surface area contributed by atoms with Crippen LogP contribution in [0.25, 0.3) is 0 Å². The van der Waals surface area contributed by atoms with Crippen LogP contribution < -0.4 is 10.2 Å². The van der Waals surface area contributed by atoms with Gasteiger partial charge < -0.3 is 14.8 Å². The lowest BCUT2D eigenvalue weighted by Gasteiger charge is -2.08. The molecule has 4 nitrogen and oxygen atoms in total. The van der Waals surface area contributed by atoms with Crippen LogP contribution in [0.2, 0.25) is 0 Å². The highest BCUT2D eigenvalue weighted by molar-refractivity contribution is 6.60. The lowest BCUT2D eigenvalue weighted by molar-refractivity contribution is 0.401. The maximum absolute atomic E-state index is 8.96. The summed E-state index contributed by atoms with van der Waals surface area (Å²) in [6.45, 7) is 1.74. The Balaban J connectivity index is 3.20. The van der Waals surface area contributed by atoms with Gasteiger partial charge in [-0.25, -0.2) is 0 Å². The van der Waals surface area contributed by atoms with Gasteiger partial charge in [0.1, 0.15) is 5.75 Å². The van der Waals surface area contributed by atoms with Gasteiger partial charge in [0.25, 0.3) is 0 Å². The summed E-state index contributed by atoms with van der Waals surface area (Å²) in [5.41, 5.74) is 1.07. The Hall–Kier alpha value is -1.07. The van der Waals surface area contributed by atoms with Crippen molar-refractivity contribution in [2.45, 2.75) is 6.92 Å². The molecule has 0 saturated heterocycles. The first-order valence-corrected chi connectivity index (χ1v) is 3.51. The van der Waals surface area contributed by atoms with Gasteiger partial charge in [0, 0.05) is 11.7 Å². The van der Waals surface area contributed by atoms with E-state index in [1.54, 1.807) is 13.1 Å². The normalized spacial score (nSPS) is 9.67. The molecule has 1 aromatic rings. The zero-order valence-corrected chi connectivity index (χ0v) is 6.98. The monoisotopic (exact) mass is 167 g/mol. The minimum Gasteiger partial charge on any atom is -0.495 e. The summed E-state index contributed by atoms with van der Waals surface area (Å²) in [5, 5.41) is 17.9. The van der Waals surface area contributed by atoms with Crippen molar-refractivity contribution in [2.24, 2.45) is 0 Å². The van der Waals surface area contributed by atoms with Crippen molar-refractivity contribution in [1.82, 2.24) is 4.98 Å². The molecule has 0 aliphatic heterocycles. The summed E-state index contributed by atoms with van der Waals surface area (Å²) < 4.78 is 4.90. The second kappa shape index (κ2) is 3.56. The lowest BCUT2D eigenvalue weighted by Crippen LogP contribution is -2.33. The van der Waals surface area contributed by atoms with Crippen LogP contribution in [0.4, 0.5) is 0 Å². The topological polar surface area (TPSA) is 62.6 Å². The summed E-state index contributed by atoms with van der Waals surface area (Å²) >= 11 is 0. The molecule has 12 heavy (non-hydrogen) atoms. The van der Waals surface area contributed by atoms with Gasteiger partial charge in [-0.15, -0.1) is 0 Å². The van der Waals surface area contributed by atoms with Crippen molar-refractivity contribution >= 4 is 12.6 Å². The van der Waals surface area contributed by atoms with Gasteiger partial charge in [-0.2, -0.15) is 0 Å². The van der Waals surface area contributed by atoms with Crippen molar-refractivity contribution in [1.29, 1.82) is 0 Å². The predicted molar refractivity (Wildman–Crippen MR) is 45.4 cm³/mol. The minimum atomic E-state index is -1.51. The maximum atomic E-state index is 8.96. The zero-order valence-electron chi connectivity index (χ0n) is 6.98. The van der Waals surface area contributed by atoms with Crippen LogP contribution in [-0.2, 0) is 0 Å². The summed E-state index contributed by atoms with van der Waals surface area (Å²) in [4.78, 5) is 3.85. The standard InChI is InChI=1S/C7H10BNO3/c1-5-3-9-4-6(12-2)7(5)8(10)11/h3-4,10-11H,1-2H3. The fraction of sp³-hybridized carbons (Fsp3) is 0.286. The number of rotatable bonds is 2. The number of aryl methyl sites for hydroxylation is 1. The highest BCUT2D eigenvalue weighted by Gasteiger charge is 2.19. The average Bonchev–Trinajstić information content (AvgIpc) is 2.03. The molecule has 1 heterocycles. The first-order chi connectivity index (χ1) is 5.66. The molecule has 1 aromatic heterocycles. The highest BCUT2D eigenvalue weighted by atomic mass is 16.5. The van der Waals surface area contributed by atoms with Gasteiger partial charge >= 0.3 is 7.12 Å². The second-order valence-electron chi connectivity index (χ2n) is 2.45. The van der Waals surface area contributed by atoms with Gasteiger partial charge in [-0.3, -0.25) is 4.98 Å². The molecule has 5 heteroatoms. The molecule has 0 bridgehead atoms. The van der Waals surface area contributed by atoms with Crippen LogP contribution >= 0.6 is 0 Å². The third kappa shape index (κ3) is 1.57. The fourth-order valence-corrected chi connectivity index (χ4v) is 1.04. The maximum Gasteiger partial charge on any atom is 0.492 e. The van der Waals surface area contributed by atoms with E-state index in [1.807, 2.05) is 0 Å². The van der Waals surface area contributed by atoms with Crippen molar-refractivity contribution in [3.05, 3.63) is 18.0 Å². The Labute approximate surface area is 71.0 Å². The first kappa shape index (κ1) is 9.03. The molecule has 64 valence electrons. The van der Waals surface area contributed by atoms with E-state index in [0.29, 0.717) is 16.8 Å². The Bertz CT molecular complexity index is 277. The highest BCUT2D eigenvalue weighted by Crippen LogP contribution is 2.06. The van der Waals surface area contributed by atoms with Gasteiger partial charge in [-0.05, 0) is 12.5 Å². The number of hydrogen-bond donors (Lipinski definition) is 2. The number of ether oxygens (including phenoxy) is 1. The van der Waals surface area contributed by atoms with E-state index in [0.717, 1.165) is 0 Å². The molecule has 0 unspecified atom stereocenters. The van der Waals surface area contributed by atoms with Gasteiger partial charge in [-0.1, -0.05) is 0 Å². The second-order valence-corrected chi connectivity index (χ2v) is 2.45. The molecule has 0 radical (unpaired) electrons. The van der Waals surface area contributed by atoms with E-state index in [1.165, 1.54) is 13.3 Å². The molecule has 0 spiro atoms. The van der Waals surface area contributed by atoms with Crippen LogP contribution in [0.15, 0.2) is 12.4 Å². The number of nitrogens with zero attached hydrogens (tertiary/aromatic N) is 1. The molecule has 0 atom stereocenters. The molecule has 0 aliphatic rings. The smallest absolute Gasteiger partial charge is 0.492 e. The van der Waals surface area contributed by atoms with Crippen LogP contribution in [-0.4, -0.2) is 29.3 Å². The molecule has 0 fully saturated rings. The minimum absolute atomic E-state index is 0.368. The lowest BCUT2D eigenvalue weighted by atomic mass is 9.77.